The molecule has 0 unspecified atom stereocenters. The van der Waals surface area contributed by atoms with Crippen LogP contribution in [-0.4, -0.2) is 67.3 Å². The molecule has 180 valence electrons. The van der Waals surface area contributed by atoms with Crippen molar-refractivity contribution in [3.05, 3.63) is 36.7 Å². The molecule has 0 bridgehead atoms. The molecule has 1 fully saturated rings. The summed E-state index contributed by atoms with van der Waals surface area (Å²) in [6, 6.07) is 1.79. The summed E-state index contributed by atoms with van der Waals surface area (Å²) in [6.45, 7) is -0.723. The lowest BCUT2D eigenvalue weighted by Gasteiger charge is -2.31. The molecule has 4 heterocycles. The van der Waals surface area contributed by atoms with Gasteiger partial charge in [0.25, 0.3) is 10.0 Å². The maximum Gasteiger partial charge on any atom is 0.408 e. The van der Waals surface area contributed by atoms with Gasteiger partial charge in [-0.15, -0.1) is 0 Å². The Kier molecular flexibility index (Phi) is 6.28. The Morgan fingerprint density at radius 1 is 1.21 bits per heavy atom. The predicted molar refractivity (Wildman–Crippen MR) is 113 cm³/mol. The van der Waals surface area contributed by atoms with Crippen molar-refractivity contribution >= 4 is 16.0 Å². The second-order valence-corrected chi connectivity index (χ2v) is 9.69. The Morgan fingerprint density at radius 2 is 1.94 bits per heavy atom. The third-order valence-corrected chi connectivity index (χ3v) is 7.01. The van der Waals surface area contributed by atoms with Gasteiger partial charge in [0.2, 0.25) is 5.95 Å². The van der Waals surface area contributed by atoms with Gasteiger partial charge in [0.15, 0.2) is 5.03 Å². The fourth-order valence-electron chi connectivity index (χ4n) is 3.59. The fraction of sp³-hybridized carbons (Fsp3) is 0.421. The van der Waals surface area contributed by atoms with E-state index in [1.807, 2.05) is 6.07 Å². The number of nitrogens with one attached hydrogen (secondary N) is 1. The minimum atomic E-state index is -4.43. The van der Waals surface area contributed by atoms with Gasteiger partial charge in [-0.2, -0.15) is 27.8 Å². The van der Waals surface area contributed by atoms with Crippen molar-refractivity contribution < 1.29 is 21.6 Å². The van der Waals surface area contributed by atoms with E-state index in [2.05, 4.69) is 25.4 Å². The number of imidazole rings is 1. The van der Waals surface area contributed by atoms with Crippen molar-refractivity contribution in [2.75, 3.05) is 18.4 Å². The van der Waals surface area contributed by atoms with Crippen LogP contribution in [0.15, 0.2) is 36.1 Å². The molecule has 0 atom stereocenters. The summed E-state index contributed by atoms with van der Waals surface area (Å²) in [5, 5.41) is 16.2. The third-order valence-electron chi connectivity index (χ3n) is 5.23. The molecule has 0 spiro atoms. The lowest BCUT2D eigenvalue weighted by molar-refractivity contribution is -0.142. The van der Waals surface area contributed by atoms with E-state index in [9.17, 15) is 26.9 Å². The van der Waals surface area contributed by atoms with Gasteiger partial charge in [-0.1, -0.05) is 0 Å². The standard InChI is InChI=1S/C19H20F3N9O2S/c1-29-10-16(25-12-29)34(32,33)31-4-2-15(3-5-31)27-18-24-7-13(6-23)17(28-18)14-8-26-30(9-14)11-19(20,21)22/h7-10,12,15H,2-5,11H2,1H3,(H,24,27,28). The summed E-state index contributed by atoms with van der Waals surface area (Å²) in [5.41, 5.74) is 0.500. The number of hydrogen-bond acceptors (Lipinski definition) is 8. The van der Waals surface area contributed by atoms with Crippen molar-refractivity contribution in [2.24, 2.45) is 7.05 Å². The highest BCUT2D eigenvalue weighted by molar-refractivity contribution is 7.89. The number of sulfonamides is 1. The first-order valence-electron chi connectivity index (χ1n) is 10.2. The molecule has 3 aromatic rings. The van der Waals surface area contributed by atoms with E-state index in [0.29, 0.717) is 12.8 Å². The van der Waals surface area contributed by atoms with Crippen LogP contribution in [0.25, 0.3) is 11.3 Å². The van der Waals surface area contributed by atoms with Crippen molar-refractivity contribution in [2.45, 2.75) is 36.6 Å². The van der Waals surface area contributed by atoms with Gasteiger partial charge in [0, 0.05) is 44.1 Å². The van der Waals surface area contributed by atoms with Gasteiger partial charge in [-0.05, 0) is 12.8 Å². The van der Waals surface area contributed by atoms with Gasteiger partial charge < -0.3 is 9.88 Å². The van der Waals surface area contributed by atoms with E-state index in [-0.39, 0.29) is 46.9 Å². The zero-order valence-electron chi connectivity index (χ0n) is 17.9. The van der Waals surface area contributed by atoms with Crippen LogP contribution < -0.4 is 5.32 Å². The Hall–Kier alpha value is -3.51. The van der Waals surface area contributed by atoms with Gasteiger partial charge in [-0.3, -0.25) is 4.68 Å². The Balaban J connectivity index is 1.45. The number of alkyl halides is 3. The second kappa shape index (κ2) is 9.03. The van der Waals surface area contributed by atoms with Crippen molar-refractivity contribution in [1.82, 2.24) is 33.6 Å². The Labute approximate surface area is 192 Å². The van der Waals surface area contributed by atoms with Crippen molar-refractivity contribution in [3.8, 4) is 17.3 Å². The lowest BCUT2D eigenvalue weighted by atomic mass is 10.1. The number of halogens is 3. The minimum Gasteiger partial charge on any atom is -0.351 e. The summed E-state index contributed by atoms with van der Waals surface area (Å²) in [7, 11) is -1.99. The molecule has 1 N–H and O–H groups in total. The molecule has 1 aliphatic heterocycles. The average molecular weight is 495 g/mol. The smallest absolute Gasteiger partial charge is 0.351 e. The molecule has 1 aliphatic rings. The molecule has 0 saturated carbocycles. The van der Waals surface area contributed by atoms with Crippen LogP contribution in [0.1, 0.15) is 18.4 Å². The average Bonchev–Trinajstić information content (AvgIpc) is 3.42. The molecule has 34 heavy (non-hydrogen) atoms. The summed E-state index contributed by atoms with van der Waals surface area (Å²) in [4.78, 5) is 12.4. The normalized spacial score (nSPS) is 15.9. The zero-order chi connectivity index (χ0) is 24.5. The van der Waals surface area contributed by atoms with Crippen LogP contribution in [0.2, 0.25) is 0 Å². The molecular weight excluding hydrogens is 475 g/mol. The number of piperidine rings is 1. The lowest BCUT2D eigenvalue weighted by Crippen LogP contribution is -2.42. The number of nitriles is 1. The first-order chi connectivity index (χ1) is 16.0. The molecule has 15 heteroatoms. The highest BCUT2D eigenvalue weighted by Crippen LogP contribution is 2.25. The highest BCUT2D eigenvalue weighted by atomic mass is 32.2. The second-order valence-electron chi connectivity index (χ2n) is 7.81. The monoisotopic (exact) mass is 495 g/mol. The molecule has 0 amide bonds. The van der Waals surface area contributed by atoms with Gasteiger partial charge in [0.05, 0.1) is 30.0 Å². The summed E-state index contributed by atoms with van der Waals surface area (Å²) in [5.74, 6) is 0.184. The summed E-state index contributed by atoms with van der Waals surface area (Å²) < 4.78 is 67.0. The number of aromatic nitrogens is 6. The molecular formula is C19H20F3N9O2S. The first kappa shape index (κ1) is 23.6. The molecule has 11 nitrogen and oxygen atoms in total. The zero-order valence-corrected chi connectivity index (χ0v) is 18.8. The number of nitrogens with zero attached hydrogens (tertiary/aromatic N) is 8. The molecule has 1 saturated heterocycles. The van der Waals surface area contributed by atoms with Crippen LogP contribution in [0.4, 0.5) is 19.1 Å². The van der Waals surface area contributed by atoms with E-state index in [4.69, 9.17) is 0 Å². The van der Waals surface area contributed by atoms with Gasteiger partial charge >= 0.3 is 6.18 Å². The van der Waals surface area contributed by atoms with E-state index in [0.717, 1.165) is 4.68 Å². The minimum absolute atomic E-state index is 0.00690. The van der Waals surface area contributed by atoms with E-state index < -0.39 is 22.7 Å². The number of anilines is 1. The number of hydrogen-bond donors (Lipinski definition) is 1. The Morgan fingerprint density at radius 3 is 2.56 bits per heavy atom. The highest BCUT2D eigenvalue weighted by Gasteiger charge is 2.31. The van der Waals surface area contributed by atoms with E-state index in [1.54, 1.807) is 11.6 Å². The molecule has 0 aromatic carbocycles. The van der Waals surface area contributed by atoms with Crippen LogP contribution in [0.5, 0.6) is 0 Å². The molecule has 4 rings (SSSR count). The van der Waals surface area contributed by atoms with Crippen LogP contribution in [-0.2, 0) is 23.6 Å². The van der Waals surface area contributed by atoms with E-state index >= 15 is 0 Å². The van der Waals surface area contributed by atoms with Crippen molar-refractivity contribution in [3.63, 3.8) is 0 Å². The number of aryl methyl sites for hydroxylation is 1. The first-order valence-corrected chi connectivity index (χ1v) is 11.6. The third kappa shape index (κ3) is 5.18. The maximum absolute atomic E-state index is 12.7. The van der Waals surface area contributed by atoms with Gasteiger partial charge in [0.1, 0.15) is 12.6 Å². The Bertz CT molecular complexity index is 1320. The number of rotatable bonds is 6. The maximum atomic E-state index is 12.7. The van der Waals surface area contributed by atoms with Crippen LogP contribution in [0, 0.1) is 11.3 Å². The predicted octanol–water partition coefficient (Wildman–Crippen LogP) is 1.77. The summed E-state index contributed by atoms with van der Waals surface area (Å²) >= 11 is 0. The largest absolute Gasteiger partial charge is 0.408 e. The molecule has 0 aliphatic carbocycles. The fourth-order valence-corrected chi connectivity index (χ4v) is 5.02. The quantitative estimate of drug-likeness (QED) is 0.547. The van der Waals surface area contributed by atoms with Gasteiger partial charge in [-0.25, -0.2) is 23.4 Å². The van der Waals surface area contributed by atoms with Crippen LogP contribution >= 0.6 is 0 Å². The van der Waals surface area contributed by atoms with Crippen LogP contribution in [0.3, 0.4) is 0 Å². The SMILES string of the molecule is Cn1cnc(S(=O)(=O)N2CCC(Nc3ncc(C#N)c(-c4cnn(CC(F)(F)F)c4)n3)CC2)c1. The molecule has 0 radical (unpaired) electrons. The topological polar surface area (TPSA) is 135 Å². The molecule has 3 aromatic heterocycles. The summed E-state index contributed by atoms with van der Waals surface area (Å²) in [6.07, 6.45) is 3.06. The van der Waals surface area contributed by atoms with Crippen molar-refractivity contribution in [1.29, 1.82) is 5.26 Å². The van der Waals surface area contributed by atoms with E-state index in [1.165, 1.54) is 35.4 Å².